The van der Waals surface area contributed by atoms with Gasteiger partial charge in [-0.05, 0) is 68.8 Å². The van der Waals surface area contributed by atoms with Crippen LogP contribution in [0.15, 0.2) is 108 Å². The van der Waals surface area contributed by atoms with E-state index >= 15 is 0 Å². The SMILES string of the molecule is CC1(C)c2ccccc2-c2c1ccc1c2c2cc3oc4ccccc4c3c3c4c5c(ccc4n1c23)C(C)(C)c1ccccc1-5. The first-order chi connectivity index (χ1) is 21.4. The van der Waals surface area contributed by atoms with Crippen molar-refractivity contribution in [3.8, 4) is 22.3 Å². The molecule has 2 heteroatoms. The van der Waals surface area contributed by atoms with Crippen LogP contribution in [0.1, 0.15) is 49.9 Å². The molecule has 3 heterocycles. The van der Waals surface area contributed by atoms with E-state index in [0.29, 0.717) is 0 Å². The quantitative estimate of drug-likeness (QED) is 0.179. The Hall–Kier alpha value is -5.08. The predicted molar refractivity (Wildman–Crippen MR) is 184 cm³/mol. The molecule has 3 aromatic heterocycles. The average Bonchev–Trinajstić information content (AvgIpc) is 3.78. The Bertz CT molecular complexity index is 2760. The van der Waals surface area contributed by atoms with Crippen molar-refractivity contribution < 1.29 is 4.42 Å². The van der Waals surface area contributed by atoms with Crippen LogP contribution in [0.4, 0.5) is 0 Å². The number of fused-ring (bicyclic) bond motifs is 18. The number of furan rings is 1. The standard InChI is InChI=1S/C42H29NO/c1-41(2)26-14-8-5-11-22(26)34-28(41)17-19-30-36(34)25-21-33-37(24-13-7-10-16-32(24)44-33)39-38-31(43(30)40(25)39)20-18-29-35(38)23-12-6-9-15-27(23)42(29,3)4/h5-21H,1-4H3. The molecule has 2 nitrogen and oxygen atoms in total. The summed E-state index contributed by atoms with van der Waals surface area (Å²) in [5.74, 6) is 0. The molecule has 0 bridgehead atoms. The fourth-order valence-electron chi connectivity index (χ4n) is 9.38. The summed E-state index contributed by atoms with van der Waals surface area (Å²) in [5, 5.41) is 7.69. The molecule has 2 aliphatic carbocycles. The maximum atomic E-state index is 6.71. The lowest BCUT2D eigenvalue weighted by Crippen LogP contribution is -2.14. The number of hydrogen-bond donors (Lipinski definition) is 0. The monoisotopic (exact) mass is 563 g/mol. The maximum absolute atomic E-state index is 6.71. The molecular weight excluding hydrogens is 534 g/mol. The van der Waals surface area contributed by atoms with Gasteiger partial charge in [-0.3, -0.25) is 0 Å². The van der Waals surface area contributed by atoms with Crippen molar-refractivity contribution in [1.29, 1.82) is 0 Å². The molecule has 0 atom stereocenters. The third-order valence-corrected chi connectivity index (χ3v) is 11.3. The van der Waals surface area contributed by atoms with Gasteiger partial charge < -0.3 is 8.82 Å². The summed E-state index contributed by atoms with van der Waals surface area (Å²) in [5.41, 5.74) is 16.7. The van der Waals surface area contributed by atoms with Crippen LogP contribution >= 0.6 is 0 Å². The molecule has 0 fully saturated rings. The average molecular weight is 564 g/mol. The first-order valence-electron chi connectivity index (χ1n) is 15.7. The minimum absolute atomic E-state index is 0.0566. The van der Waals surface area contributed by atoms with E-state index < -0.39 is 0 Å². The van der Waals surface area contributed by atoms with E-state index in [1.165, 1.54) is 93.4 Å². The summed E-state index contributed by atoms with van der Waals surface area (Å²) in [7, 11) is 0. The molecule has 9 aromatic rings. The summed E-state index contributed by atoms with van der Waals surface area (Å²) in [6.45, 7) is 9.49. The van der Waals surface area contributed by atoms with Crippen LogP contribution < -0.4 is 0 Å². The van der Waals surface area contributed by atoms with Gasteiger partial charge in [-0.15, -0.1) is 0 Å². The third kappa shape index (κ3) is 2.37. The highest BCUT2D eigenvalue weighted by atomic mass is 16.3. The van der Waals surface area contributed by atoms with Gasteiger partial charge >= 0.3 is 0 Å². The lowest BCUT2D eigenvalue weighted by molar-refractivity contribution is 0.661. The molecule has 2 aliphatic rings. The number of hydrogen-bond acceptors (Lipinski definition) is 1. The first-order valence-corrected chi connectivity index (χ1v) is 15.7. The number of nitrogens with zero attached hydrogens (tertiary/aromatic N) is 1. The van der Waals surface area contributed by atoms with Gasteiger partial charge in [-0.25, -0.2) is 0 Å². The van der Waals surface area contributed by atoms with Gasteiger partial charge in [-0.1, -0.05) is 107 Å². The lowest BCUT2D eigenvalue weighted by atomic mass is 9.82. The molecule has 0 radical (unpaired) electrons. The van der Waals surface area contributed by atoms with Crippen LogP contribution in [0.25, 0.3) is 82.3 Å². The fraction of sp³-hybridized carbons (Fsp3) is 0.143. The van der Waals surface area contributed by atoms with Gasteiger partial charge in [0.05, 0.1) is 16.6 Å². The van der Waals surface area contributed by atoms with Crippen molar-refractivity contribution in [1.82, 2.24) is 4.40 Å². The second kappa shape index (κ2) is 7.17. The summed E-state index contributed by atoms with van der Waals surface area (Å²) in [4.78, 5) is 0. The topological polar surface area (TPSA) is 17.6 Å². The van der Waals surface area contributed by atoms with E-state index in [0.717, 1.165) is 11.2 Å². The van der Waals surface area contributed by atoms with Crippen molar-refractivity contribution >= 4 is 60.0 Å². The van der Waals surface area contributed by atoms with Crippen molar-refractivity contribution in [3.05, 3.63) is 125 Å². The van der Waals surface area contributed by atoms with Crippen LogP contribution in [0.2, 0.25) is 0 Å². The van der Waals surface area contributed by atoms with E-state index in [-0.39, 0.29) is 10.8 Å². The summed E-state index contributed by atoms with van der Waals surface area (Å²) < 4.78 is 9.28. The minimum atomic E-state index is -0.0676. The molecule has 11 rings (SSSR count). The van der Waals surface area contributed by atoms with Crippen LogP contribution in [-0.4, -0.2) is 4.40 Å². The van der Waals surface area contributed by atoms with Crippen molar-refractivity contribution in [2.75, 3.05) is 0 Å². The highest BCUT2D eigenvalue weighted by Crippen LogP contribution is 2.58. The van der Waals surface area contributed by atoms with Crippen molar-refractivity contribution in [2.24, 2.45) is 0 Å². The molecule has 208 valence electrons. The fourth-order valence-corrected chi connectivity index (χ4v) is 9.38. The Morgan fingerprint density at radius 2 is 1.05 bits per heavy atom. The smallest absolute Gasteiger partial charge is 0.136 e. The Balaban J connectivity index is 1.46. The highest BCUT2D eigenvalue weighted by Gasteiger charge is 2.40. The van der Waals surface area contributed by atoms with E-state index in [4.69, 9.17) is 4.42 Å². The van der Waals surface area contributed by atoms with Crippen LogP contribution in [0.3, 0.4) is 0 Å². The molecule has 0 spiro atoms. The minimum Gasteiger partial charge on any atom is -0.456 e. The molecule has 0 N–H and O–H groups in total. The normalized spacial score (nSPS) is 16.1. The number of benzene rings is 6. The molecule has 0 saturated heterocycles. The maximum Gasteiger partial charge on any atom is 0.136 e. The zero-order valence-electron chi connectivity index (χ0n) is 25.2. The molecule has 0 unspecified atom stereocenters. The van der Waals surface area contributed by atoms with E-state index in [1.54, 1.807) is 0 Å². The molecule has 0 aliphatic heterocycles. The number of para-hydroxylation sites is 1. The molecule has 44 heavy (non-hydrogen) atoms. The largest absolute Gasteiger partial charge is 0.456 e. The van der Waals surface area contributed by atoms with Gasteiger partial charge in [0, 0.05) is 43.1 Å². The van der Waals surface area contributed by atoms with Gasteiger partial charge in [0.2, 0.25) is 0 Å². The molecule has 0 saturated carbocycles. The Kier molecular flexibility index (Phi) is 3.81. The summed E-state index contributed by atoms with van der Waals surface area (Å²) in [6.07, 6.45) is 0. The van der Waals surface area contributed by atoms with E-state index in [1.807, 2.05) is 0 Å². The number of aromatic nitrogens is 1. The summed E-state index contributed by atoms with van der Waals surface area (Å²) >= 11 is 0. The number of rotatable bonds is 0. The van der Waals surface area contributed by atoms with Crippen molar-refractivity contribution in [3.63, 3.8) is 0 Å². The zero-order chi connectivity index (χ0) is 29.3. The summed E-state index contributed by atoms with van der Waals surface area (Å²) in [6, 6.07) is 38.5. The lowest BCUT2D eigenvalue weighted by Gasteiger charge is -2.21. The van der Waals surface area contributed by atoms with Gasteiger partial charge in [0.15, 0.2) is 0 Å². The Labute approximate surface area is 254 Å². The van der Waals surface area contributed by atoms with Gasteiger partial charge in [0.1, 0.15) is 11.2 Å². The Morgan fingerprint density at radius 3 is 1.73 bits per heavy atom. The van der Waals surface area contributed by atoms with Gasteiger partial charge in [-0.2, -0.15) is 0 Å². The van der Waals surface area contributed by atoms with Crippen LogP contribution in [0.5, 0.6) is 0 Å². The predicted octanol–water partition coefficient (Wildman–Crippen LogP) is 11.3. The second-order valence-corrected chi connectivity index (χ2v) is 14.1. The second-order valence-electron chi connectivity index (χ2n) is 14.1. The molecule has 6 aromatic carbocycles. The van der Waals surface area contributed by atoms with E-state index in [9.17, 15) is 0 Å². The van der Waals surface area contributed by atoms with Gasteiger partial charge in [0.25, 0.3) is 0 Å². The Morgan fingerprint density at radius 1 is 0.477 bits per heavy atom. The first kappa shape index (κ1) is 23.4. The van der Waals surface area contributed by atoms with E-state index in [2.05, 4.69) is 135 Å². The third-order valence-electron chi connectivity index (χ3n) is 11.3. The van der Waals surface area contributed by atoms with Crippen LogP contribution in [0, 0.1) is 0 Å². The molecule has 0 amide bonds. The highest BCUT2D eigenvalue weighted by molar-refractivity contribution is 6.38. The molecular formula is C42H29NO. The zero-order valence-corrected chi connectivity index (χ0v) is 25.2. The van der Waals surface area contributed by atoms with Crippen molar-refractivity contribution in [2.45, 2.75) is 38.5 Å². The van der Waals surface area contributed by atoms with Crippen LogP contribution in [-0.2, 0) is 10.8 Å².